The molecule has 0 aliphatic carbocycles. The molecule has 2 saturated heterocycles. The number of nitrogens with two attached hydrogens (primary N) is 1. The summed E-state index contributed by atoms with van der Waals surface area (Å²) in [6.45, 7) is 2.87. The highest BCUT2D eigenvalue weighted by molar-refractivity contribution is 5.97. The van der Waals surface area contributed by atoms with Crippen LogP contribution < -0.4 is 20.3 Å². The Labute approximate surface area is 157 Å². The highest BCUT2D eigenvalue weighted by Crippen LogP contribution is 2.28. The number of amides is 1. The number of benzene rings is 1. The number of piperazine rings is 1. The number of hydrogen-bond acceptors (Lipinski definition) is 7. The predicted octanol–water partition coefficient (Wildman–Crippen LogP) is 1.42. The van der Waals surface area contributed by atoms with Crippen molar-refractivity contribution in [3.05, 3.63) is 36.0 Å². The Balaban J connectivity index is 1.51. The van der Waals surface area contributed by atoms with E-state index in [-0.39, 0.29) is 24.3 Å². The van der Waals surface area contributed by atoms with Crippen molar-refractivity contribution in [1.29, 1.82) is 0 Å². The van der Waals surface area contributed by atoms with Crippen LogP contribution in [-0.2, 0) is 9.53 Å². The second-order valence-corrected chi connectivity index (χ2v) is 6.74. The number of nitrogen functional groups attached to an aromatic ring is 1. The topological polar surface area (TPSA) is 93.8 Å². The normalized spacial score (nSPS) is 20.2. The fourth-order valence-corrected chi connectivity index (χ4v) is 3.53. The second-order valence-electron chi connectivity index (χ2n) is 6.74. The minimum absolute atomic E-state index is 0.0115. The van der Waals surface area contributed by atoms with Gasteiger partial charge in [-0.3, -0.25) is 4.79 Å². The summed E-state index contributed by atoms with van der Waals surface area (Å²) in [5.74, 6) is 1.91. The molecule has 27 heavy (non-hydrogen) atoms. The second kappa shape index (κ2) is 7.40. The number of nitrogens with zero attached hydrogens (tertiary/aromatic N) is 4. The predicted molar refractivity (Wildman–Crippen MR) is 102 cm³/mol. The van der Waals surface area contributed by atoms with Gasteiger partial charge < -0.3 is 25.0 Å². The smallest absolute Gasteiger partial charge is 0.246 e. The van der Waals surface area contributed by atoms with E-state index in [0.29, 0.717) is 25.5 Å². The number of carbonyl (C=O) groups excluding carboxylic acids is 1. The van der Waals surface area contributed by atoms with Gasteiger partial charge in [-0.15, -0.1) is 0 Å². The van der Waals surface area contributed by atoms with Crippen LogP contribution in [0.5, 0.6) is 5.75 Å². The number of methoxy groups -OCH3 is 1. The molecule has 0 spiro atoms. The Bertz CT molecular complexity index is 838. The summed E-state index contributed by atoms with van der Waals surface area (Å²) in [6, 6.07) is 9.46. The summed E-state index contributed by atoms with van der Waals surface area (Å²) >= 11 is 0. The van der Waals surface area contributed by atoms with Gasteiger partial charge in [-0.25, -0.2) is 4.98 Å². The zero-order chi connectivity index (χ0) is 18.8. The number of anilines is 3. The van der Waals surface area contributed by atoms with Crippen LogP contribution in [0.15, 0.2) is 30.3 Å². The average Bonchev–Trinajstić information content (AvgIpc) is 3.22. The molecule has 8 nitrogen and oxygen atoms in total. The van der Waals surface area contributed by atoms with Crippen molar-refractivity contribution >= 4 is 23.4 Å². The highest BCUT2D eigenvalue weighted by atomic mass is 16.5. The number of rotatable bonds is 4. The fourth-order valence-electron chi connectivity index (χ4n) is 3.53. The van der Waals surface area contributed by atoms with E-state index in [1.54, 1.807) is 12.0 Å². The van der Waals surface area contributed by atoms with E-state index >= 15 is 0 Å². The van der Waals surface area contributed by atoms with Crippen molar-refractivity contribution in [3.8, 4) is 5.75 Å². The van der Waals surface area contributed by atoms with Crippen molar-refractivity contribution in [1.82, 2.24) is 9.97 Å². The van der Waals surface area contributed by atoms with Crippen molar-refractivity contribution < 1.29 is 14.3 Å². The van der Waals surface area contributed by atoms with Gasteiger partial charge in [0.05, 0.1) is 26.0 Å². The van der Waals surface area contributed by atoms with Crippen LogP contribution >= 0.6 is 0 Å². The number of hydrogen-bond donors (Lipinski definition) is 1. The van der Waals surface area contributed by atoms with Gasteiger partial charge >= 0.3 is 0 Å². The van der Waals surface area contributed by atoms with Crippen LogP contribution in [0.25, 0.3) is 0 Å². The number of ether oxygens (including phenoxy) is 2. The third-order valence-corrected chi connectivity index (χ3v) is 5.01. The lowest BCUT2D eigenvalue weighted by molar-refractivity contribution is -0.117. The molecule has 2 N–H and O–H groups in total. The Morgan fingerprint density at radius 2 is 2.15 bits per heavy atom. The molecule has 4 rings (SSSR count). The van der Waals surface area contributed by atoms with Crippen molar-refractivity contribution in [2.75, 3.05) is 55.5 Å². The van der Waals surface area contributed by atoms with Crippen LogP contribution in [-0.4, -0.2) is 55.8 Å². The summed E-state index contributed by atoms with van der Waals surface area (Å²) in [6.07, 6.45) is 0.929. The van der Waals surface area contributed by atoms with Crippen molar-refractivity contribution in [2.45, 2.75) is 12.3 Å². The minimum Gasteiger partial charge on any atom is -0.497 e. The minimum atomic E-state index is 0.0115. The van der Waals surface area contributed by atoms with Crippen LogP contribution in [0.1, 0.15) is 18.0 Å². The molecule has 142 valence electrons. The summed E-state index contributed by atoms with van der Waals surface area (Å²) in [4.78, 5) is 25.2. The summed E-state index contributed by atoms with van der Waals surface area (Å²) < 4.78 is 10.7. The molecule has 1 atom stereocenters. The van der Waals surface area contributed by atoms with Gasteiger partial charge in [-0.1, -0.05) is 6.07 Å². The molecule has 2 aliphatic rings. The molecule has 1 amide bonds. The molecule has 2 aromatic rings. The van der Waals surface area contributed by atoms with E-state index in [1.807, 2.05) is 35.2 Å². The van der Waals surface area contributed by atoms with Crippen LogP contribution in [0, 0.1) is 0 Å². The van der Waals surface area contributed by atoms with E-state index in [4.69, 9.17) is 15.2 Å². The number of carbonyl (C=O) groups is 1. The molecule has 1 aromatic heterocycles. The molecule has 2 aliphatic heterocycles. The highest BCUT2D eigenvalue weighted by Gasteiger charge is 2.28. The molecule has 3 heterocycles. The molecule has 8 heteroatoms. The van der Waals surface area contributed by atoms with Gasteiger partial charge in [-0.2, -0.15) is 4.98 Å². The van der Waals surface area contributed by atoms with Crippen molar-refractivity contribution in [2.24, 2.45) is 0 Å². The summed E-state index contributed by atoms with van der Waals surface area (Å²) in [7, 11) is 1.62. The van der Waals surface area contributed by atoms with E-state index in [9.17, 15) is 4.79 Å². The van der Waals surface area contributed by atoms with E-state index in [2.05, 4.69) is 9.97 Å². The fraction of sp³-hybridized carbons (Fsp3) is 0.421. The maximum Gasteiger partial charge on any atom is 0.246 e. The summed E-state index contributed by atoms with van der Waals surface area (Å²) in [5.41, 5.74) is 7.64. The van der Waals surface area contributed by atoms with Crippen LogP contribution in [0.2, 0.25) is 0 Å². The van der Waals surface area contributed by atoms with E-state index in [1.165, 1.54) is 0 Å². The van der Waals surface area contributed by atoms with Gasteiger partial charge in [0.15, 0.2) is 0 Å². The standard InChI is InChI=1S/C19H23N5O3/c1-26-15-4-2-3-14(9-15)24-7-6-23(11-18(24)25)17-10-16(21-19(20)22-17)13-5-8-27-12-13/h2-4,9-10,13H,5-8,11-12H2,1H3,(H2,20,21,22)/t13-/m0/s1. The van der Waals surface area contributed by atoms with Crippen molar-refractivity contribution in [3.63, 3.8) is 0 Å². The maximum atomic E-state index is 12.8. The molecular weight excluding hydrogens is 346 g/mol. The van der Waals surface area contributed by atoms with E-state index in [0.717, 1.165) is 30.2 Å². The zero-order valence-electron chi connectivity index (χ0n) is 15.3. The first-order chi connectivity index (χ1) is 13.1. The van der Waals surface area contributed by atoms with Gasteiger partial charge in [-0.05, 0) is 18.6 Å². The molecule has 0 saturated carbocycles. The Hall–Kier alpha value is -2.87. The maximum absolute atomic E-state index is 12.8. The first-order valence-corrected chi connectivity index (χ1v) is 9.05. The van der Waals surface area contributed by atoms with Gasteiger partial charge in [0.1, 0.15) is 11.6 Å². The Morgan fingerprint density at radius 1 is 1.26 bits per heavy atom. The lowest BCUT2D eigenvalue weighted by Crippen LogP contribution is -2.51. The zero-order valence-corrected chi connectivity index (χ0v) is 15.3. The quantitative estimate of drug-likeness (QED) is 0.871. The Morgan fingerprint density at radius 3 is 2.89 bits per heavy atom. The van der Waals surface area contributed by atoms with E-state index < -0.39 is 0 Å². The molecule has 0 bridgehead atoms. The molecule has 1 aromatic carbocycles. The third kappa shape index (κ3) is 3.66. The summed E-state index contributed by atoms with van der Waals surface area (Å²) in [5, 5.41) is 0. The Kier molecular flexibility index (Phi) is 4.81. The third-order valence-electron chi connectivity index (χ3n) is 5.01. The molecule has 0 radical (unpaired) electrons. The average molecular weight is 369 g/mol. The van der Waals surface area contributed by atoms with Gasteiger partial charge in [0, 0.05) is 43.4 Å². The first-order valence-electron chi connectivity index (χ1n) is 9.05. The monoisotopic (exact) mass is 369 g/mol. The lowest BCUT2D eigenvalue weighted by atomic mass is 10.0. The first kappa shape index (κ1) is 17.5. The SMILES string of the molecule is COc1cccc(N2CCN(c3cc([C@H]4CCOC4)nc(N)n3)CC2=O)c1. The largest absolute Gasteiger partial charge is 0.497 e. The van der Waals surface area contributed by atoms with Gasteiger partial charge in [0.2, 0.25) is 11.9 Å². The molecule has 2 fully saturated rings. The van der Waals surface area contributed by atoms with Crippen LogP contribution in [0.4, 0.5) is 17.5 Å². The lowest BCUT2D eigenvalue weighted by Gasteiger charge is -2.35. The number of aromatic nitrogens is 2. The molecular formula is C19H23N5O3. The van der Waals surface area contributed by atoms with Crippen LogP contribution in [0.3, 0.4) is 0 Å². The van der Waals surface area contributed by atoms with Gasteiger partial charge in [0.25, 0.3) is 0 Å². The molecule has 0 unspecified atom stereocenters.